The first-order valence-corrected chi connectivity index (χ1v) is 10.6. The Kier molecular flexibility index (Phi) is 5.75. The van der Waals surface area contributed by atoms with Gasteiger partial charge in [-0.25, -0.2) is 0 Å². The van der Waals surface area contributed by atoms with Gasteiger partial charge < -0.3 is 19.2 Å². The highest BCUT2D eigenvalue weighted by Crippen LogP contribution is 2.44. The Bertz CT molecular complexity index is 841. The third-order valence-electron chi connectivity index (χ3n) is 5.66. The number of rotatable bonds is 8. The number of ether oxygens (including phenoxy) is 2. The van der Waals surface area contributed by atoms with Crippen molar-refractivity contribution in [1.29, 1.82) is 0 Å². The van der Waals surface area contributed by atoms with Gasteiger partial charge in [0.2, 0.25) is 11.8 Å². The van der Waals surface area contributed by atoms with Gasteiger partial charge in [0.15, 0.2) is 11.5 Å². The summed E-state index contributed by atoms with van der Waals surface area (Å²) in [6.45, 7) is 0. The molecule has 2 bridgehead atoms. The molecule has 1 aromatic carbocycles. The first-order valence-electron chi connectivity index (χ1n) is 9.60. The van der Waals surface area contributed by atoms with E-state index in [1.807, 2.05) is 18.2 Å². The molecular formula is C20H25N3O4S. The number of nitrogens with one attached hydrogen (secondary N) is 1. The van der Waals surface area contributed by atoms with Crippen LogP contribution in [0.4, 0.5) is 0 Å². The highest BCUT2D eigenvalue weighted by Gasteiger charge is 2.40. The lowest BCUT2D eigenvalue weighted by atomic mass is 9.95. The van der Waals surface area contributed by atoms with Crippen LogP contribution in [0.5, 0.6) is 11.5 Å². The second-order valence-corrected chi connectivity index (χ2v) is 8.39. The second kappa shape index (κ2) is 8.43. The van der Waals surface area contributed by atoms with Crippen molar-refractivity contribution in [1.82, 2.24) is 15.5 Å². The Hall–Kier alpha value is -2.22. The molecule has 4 rings (SSSR count). The number of benzene rings is 1. The third kappa shape index (κ3) is 4.27. The van der Waals surface area contributed by atoms with Crippen LogP contribution in [0.15, 0.2) is 27.8 Å². The SMILES string of the molecule is COc1ccc(Cc2nnc(SCC(=O)N[C@H]3C[C@H]4CC[C@@H]3C4)o2)cc1OC. The minimum Gasteiger partial charge on any atom is -0.493 e. The molecule has 150 valence electrons. The van der Waals surface area contributed by atoms with Crippen molar-refractivity contribution >= 4 is 17.7 Å². The summed E-state index contributed by atoms with van der Waals surface area (Å²) < 4.78 is 16.2. The van der Waals surface area contributed by atoms with E-state index in [9.17, 15) is 4.79 Å². The maximum absolute atomic E-state index is 12.2. The molecule has 0 spiro atoms. The molecule has 0 unspecified atom stereocenters. The normalized spacial score (nSPS) is 23.0. The fourth-order valence-electron chi connectivity index (χ4n) is 4.33. The van der Waals surface area contributed by atoms with Crippen molar-refractivity contribution in [3.05, 3.63) is 29.7 Å². The Morgan fingerprint density at radius 2 is 2.07 bits per heavy atom. The van der Waals surface area contributed by atoms with Gasteiger partial charge in [0.1, 0.15) is 0 Å². The lowest BCUT2D eigenvalue weighted by Gasteiger charge is -2.22. The van der Waals surface area contributed by atoms with Crippen molar-refractivity contribution < 1.29 is 18.7 Å². The molecule has 2 aliphatic rings. The monoisotopic (exact) mass is 403 g/mol. The molecule has 2 saturated carbocycles. The summed E-state index contributed by atoms with van der Waals surface area (Å²) in [6.07, 6.45) is 5.49. The Balaban J connectivity index is 1.28. The Morgan fingerprint density at radius 3 is 2.79 bits per heavy atom. The van der Waals surface area contributed by atoms with Crippen LogP contribution in [-0.2, 0) is 11.2 Å². The highest BCUT2D eigenvalue weighted by molar-refractivity contribution is 7.99. The molecule has 0 radical (unpaired) electrons. The van der Waals surface area contributed by atoms with E-state index in [1.54, 1.807) is 14.2 Å². The van der Waals surface area contributed by atoms with Crippen LogP contribution < -0.4 is 14.8 Å². The smallest absolute Gasteiger partial charge is 0.277 e. The van der Waals surface area contributed by atoms with Crippen molar-refractivity contribution in [2.24, 2.45) is 11.8 Å². The number of carbonyl (C=O) groups excluding carboxylic acids is 1. The lowest BCUT2D eigenvalue weighted by molar-refractivity contribution is -0.119. The van der Waals surface area contributed by atoms with Gasteiger partial charge in [-0.3, -0.25) is 4.79 Å². The van der Waals surface area contributed by atoms with E-state index < -0.39 is 0 Å². The summed E-state index contributed by atoms with van der Waals surface area (Å²) in [5.41, 5.74) is 0.979. The van der Waals surface area contributed by atoms with E-state index in [-0.39, 0.29) is 5.91 Å². The van der Waals surface area contributed by atoms with Crippen LogP contribution in [0.2, 0.25) is 0 Å². The number of hydrogen-bond donors (Lipinski definition) is 1. The van der Waals surface area contributed by atoms with Crippen molar-refractivity contribution in [2.75, 3.05) is 20.0 Å². The van der Waals surface area contributed by atoms with E-state index in [1.165, 1.54) is 31.0 Å². The van der Waals surface area contributed by atoms with E-state index >= 15 is 0 Å². The van der Waals surface area contributed by atoms with Crippen LogP contribution in [0.3, 0.4) is 0 Å². The van der Waals surface area contributed by atoms with Gasteiger partial charge in [-0.05, 0) is 48.8 Å². The van der Waals surface area contributed by atoms with Crippen molar-refractivity contribution in [2.45, 2.75) is 43.4 Å². The van der Waals surface area contributed by atoms with Crippen LogP contribution in [0, 0.1) is 11.8 Å². The summed E-state index contributed by atoms with van der Waals surface area (Å²) in [6, 6.07) is 6.02. The van der Waals surface area contributed by atoms with Gasteiger partial charge in [0.05, 0.1) is 26.4 Å². The van der Waals surface area contributed by atoms with E-state index in [4.69, 9.17) is 13.9 Å². The summed E-state index contributed by atoms with van der Waals surface area (Å²) >= 11 is 1.28. The number of methoxy groups -OCH3 is 2. The standard InChI is InChI=1S/C20H25N3O4S/c1-25-16-6-4-13(9-17(16)26-2)10-19-22-23-20(27-19)28-11-18(24)21-15-8-12-3-5-14(15)7-12/h4,6,9,12,14-15H,3,5,7-8,10-11H2,1-2H3,(H,21,24)/t12-,14+,15-/m0/s1. The number of aromatic nitrogens is 2. The fraction of sp³-hybridized carbons (Fsp3) is 0.550. The molecule has 2 fully saturated rings. The predicted octanol–water partition coefficient (Wildman–Crippen LogP) is 3.07. The molecule has 2 aliphatic carbocycles. The van der Waals surface area contributed by atoms with Gasteiger partial charge in [0.25, 0.3) is 5.22 Å². The van der Waals surface area contributed by atoms with E-state index in [0.717, 1.165) is 17.9 Å². The molecular weight excluding hydrogens is 378 g/mol. The maximum atomic E-state index is 12.2. The minimum atomic E-state index is 0.0437. The quantitative estimate of drug-likeness (QED) is 0.678. The van der Waals surface area contributed by atoms with Crippen LogP contribution in [-0.4, -0.2) is 42.1 Å². The topological polar surface area (TPSA) is 86.5 Å². The summed E-state index contributed by atoms with van der Waals surface area (Å²) in [4.78, 5) is 12.2. The molecule has 1 N–H and O–H groups in total. The van der Waals surface area contributed by atoms with Crippen LogP contribution in [0.25, 0.3) is 0 Å². The van der Waals surface area contributed by atoms with Gasteiger partial charge in [-0.1, -0.05) is 24.2 Å². The summed E-state index contributed by atoms with van der Waals surface area (Å²) in [7, 11) is 3.21. The number of carbonyl (C=O) groups is 1. The van der Waals surface area contributed by atoms with Gasteiger partial charge >= 0.3 is 0 Å². The van der Waals surface area contributed by atoms with Gasteiger partial charge in [-0.15, -0.1) is 10.2 Å². The molecule has 0 saturated heterocycles. The second-order valence-electron chi connectivity index (χ2n) is 7.47. The zero-order valence-corrected chi connectivity index (χ0v) is 17.0. The molecule has 1 heterocycles. The Labute approximate surface area is 168 Å². The number of amides is 1. The average Bonchev–Trinajstić information content (AvgIpc) is 3.43. The zero-order chi connectivity index (χ0) is 19.5. The summed E-state index contributed by atoms with van der Waals surface area (Å²) in [5.74, 6) is 3.67. The maximum Gasteiger partial charge on any atom is 0.277 e. The van der Waals surface area contributed by atoms with Crippen LogP contribution in [0.1, 0.15) is 37.1 Å². The fourth-order valence-corrected chi connectivity index (χ4v) is 4.92. The molecule has 28 heavy (non-hydrogen) atoms. The molecule has 0 aliphatic heterocycles. The van der Waals surface area contributed by atoms with Gasteiger partial charge in [-0.2, -0.15) is 0 Å². The molecule has 1 amide bonds. The highest BCUT2D eigenvalue weighted by atomic mass is 32.2. The average molecular weight is 404 g/mol. The first-order chi connectivity index (χ1) is 13.6. The zero-order valence-electron chi connectivity index (χ0n) is 16.1. The largest absolute Gasteiger partial charge is 0.493 e. The Morgan fingerprint density at radius 1 is 1.21 bits per heavy atom. The number of hydrogen-bond acceptors (Lipinski definition) is 7. The van der Waals surface area contributed by atoms with Gasteiger partial charge in [0, 0.05) is 6.04 Å². The molecule has 2 aromatic rings. The van der Waals surface area contributed by atoms with Crippen molar-refractivity contribution in [3.8, 4) is 11.5 Å². The molecule has 7 nitrogen and oxygen atoms in total. The minimum absolute atomic E-state index is 0.0437. The summed E-state index contributed by atoms with van der Waals surface area (Å²) in [5, 5.41) is 11.7. The molecule has 3 atom stereocenters. The predicted molar refractivity (Wildman–Crippen MR) is 105 cm³/mol. The number of nitrogens with zero attached hydrogens (tertiary/aromatic N) is 2. The van der Waals surface area contributed by atoms with E-state index in [2.05, 4.69) is 15.5 Å². The molecule has 1 aromatic heterocycles. The third-order valence-corrected chi connectivity index (χ3v) is 6.48. The van der Waals surface area contributed by atoms with Crippen molar-refractivity contribution in [3.63, 3.8) is 0 Å². The van der Waals surface area contributed by atoms with Crippen LogP contribution >= 0.6 is 11.8 Å². The number of fused-ring (bicyclic) bond motifs is 2. The number of thioether (sulfide) groups is 1. The molecule has 8 heteroatoms. The van der Waals surface area contributed by atoms with E-state index in [0.29, 0.717) is 46.7 Å². The lowest BCUT2D eigenvalue weighted by Crippen LogP contribution is -2.39. The first kappa shape index (κ1) is 19.1.